The van der Waals surface area contributed by atoms with Gasteiger partial charge in [-0.05, 0) is 24.3 Å². The van der Waals surface area contributed by atoms with Gasteiger partial charge in [-0.15, -0.1) is 11.3 Å². The smallest absolute Gasteiger partial charge is 0.121 e. The van der Waals surface area contributed by atoms with Crippen molar-refractivity contribution in [2.24, 2.45) is 0 Å². The standard InChI is InChI=1S/C9H13NS/c1-2-6-10-8(4-1)9-5-3-7-11-9/h3,5,7-8,10H,1-2,4,6H2/p+1/t8-/m1/s1. The molecule has 1 aromatic heterocycles. The molecule has 0 aliphatic carbocycles. The van der Waals surface area contributed by atoms with Crippen molar-refractivity contribution in [3.63, 3.8) is 0 Å². The van der Waals surface area contributed by atoms with Gasteiger partial charge in [0.2, 0.25) is 0 Å². The summed E-state index contributed by atoms with van der Waals surface area (Å²) in [6, 6.07) is 5.20. The summed E-state index contributed by atoms with van der Waals surface area (Å²) in [7, 11) is 0. The van der Waals surface area contributed by atoms with Crippen LogP contribution < -0.4 is 5.32 Å². The molecule has 1 fully saturated rings. The van der Waals surface area contributed by atoms with Crippen LogP contribution in [0.3, 0.4) is 0 Å². The summed E-state index contributed by atoms with van der Waals surface area (Å²) in [5.41, 5.74) is 0. The van der Waals surface area contributed by atoms with Crippen LogP contribution in [0.5, 0.6) is 0 Å². The van der Waals surface area contributed by atoms with E-state index in [1.54, 1.807) is 4.88 Å². The Kier molecular flexibility index (Phi) is 2.24. The quantitative estimate of drug-likeness (QED) is 0.655. The molecular formula is C9H14NS+. The number of nitrogens with two attached hydrogens (primary N) is 1. The van der Waals surface area contributed by atoms with Crippen LogP contribution in [0.4, 0.5) is 0 Å². The highest BCUT2D eigenvalue weighted by Gasteiger charge is 2.18. The lowest BCUT2D eigenvalue weighted by atomic mass is 10.0. The molecule has 1 saturated heterocycles. The van der Waals surface area contributed by atoms with Gasteiger partial charge in [0, 0.05) is 6.42 Å². The second-order valence-corrected chi connectivity index (χ2v) is 4.12. The third-order valence-corrected chi connectivity index (χ3v) is 3.33. The molecule has 0 amide bonds. The molecule has 60 valence electrons. The van der Waals surface area contributed by atoms with Gasteiger partial charge in [0.1, 0.15) is 6.04 Å². The Morgan fingerprint density at radius 1 is 1.45 bits per heavy atom. The molecule has 1 aliphatic rings. The summed E-state index contributed by atoms with van der Waals surface area (Å²) < 4.78 is 0. The molecule has 1 aliphatic heterocycles. The largest absolute Gasteiger partial charge is 0.339 e. The number of hydrogen-bond donors (Lipinski definition) is 1. The van der Waals surface area contributed by atoms with Gasteiger partial charge in [-0.3, -0.25) is 0 Å². The van der Waals surface area contributed by atoms with E-state index in [-0.39, 0.29) is 0 Å². The molecule has 2 heterocycles. The van der Waals surface area contributed by atoms with Crippen LogP contribution in [-0.2, 0) is 0 Å². The first-order chi connectivity index (χ1) is 5.47. The average Bonchev–Trinajstić information content (AvgIpc) is 2.58. The summed E-state index contributed by atoms with van der Waals surface area (Å²) in [5.74, 6) is 0. The zero-order valence-electron chi connectivity index (χ0n) is 6.62. The van der Waals surface area contributed by atoms with E-state index in [1.165, 1.54) is 25.8 Å². The van der Waals surface area contributed by atoms with Crippen LogP contribution in [0, 0.1) is 0 Å². The van der Waals surface area contributed by atoms with Gasteiger partial charge < -0.3 is 5.32 Å². The van der Waals surface area contributed by atoms with Crippen molar-refractivity contribution in [1.29, 1.82) is 0 Å². The van der Waals surface area contributed by atoms with Gasteiger partial charge in [-0.25, -0.2) is 0 Å². The minimum atomic E-state index is 0.781. The van der Waals surface area contributed by atoms with Crippen molar-refractivity contribution in [1.82, 2.24) is 0 Å². The fraction of sp³-hybridized carbons (Fsp3) is 0.556. The number of thiophene rings is 1. The second-order valence-electron chi connectivity index (χ2n) is 3.14. The third kappa shape index (κ3) is 1.63. The van der Waals surface area contributed by atoms with E-state index in [2.05, 4.69) is 22.8 Å². The molecule has 0 spiro atoms. The monoisotopic (exact) mass is 168 g/mol. The van der Waals surface area contributed by atoms with E-state index in [0.29, 0.717) is 0 Å². The molecule has 1 atom stereocenters. The Hall–Kier alpha value is -0.340. The van der Waals surface area contributed by atoms with Gasteiger partial charge in [0.25, 0.3) is 0 Å². The molecular weight excluding hydrogens is 154 g/mol. The Labute approximate surface area is 71.4 Å². The number of quaternary nitrogens is 1. The predicted molar refractivity (Wildman–Crippen MR) is 47.7 cm³/mol. The van der Waals surface area contributed by atoms with Crippen molar-refractivity contribution in [2.45, 2.75) is 25.3 Å². The zero-order chi connectivity index (χ0) is 7.52. The fourth-order valence-corrected chi connectivity index (χ4v) is 2.57. The Balaban J connectivity index is 2.04. The molecule has 0 unspecified atom stereocenters. The molecule has 0 saturated carbocycles. The van der Waals surface area contributed by atoms with E-state index in [9.17, 15) is 0 Å². The molecule has 1 nitrogen and oxygen atoms in total. The predicted octanol–water partition coefficient (Wildman–Crippen LogP) is 1.54. The van der Waals surface area contributed by atoms with Crippen LogP contribution in [0.2, 0.25) is 0 Å². The highest BCUT2D eigenvalue weighted by atomic mass is 32.1. The Bertz CT molecular complexity index is 199. The first kappa shape index (κ1) is 7.32. The van der Waals surface area contributed by atoms with Crippen molar-refractivity contribution >= 4 is 11.3 Å². The van der Waals surface area contributed by atoms with E-state index < -0.39 is 0 Å². The lowest BCUT2D eigenvalue weighted by Crippen LogP contribution is -2.86. The highest BCUT2D eigenvalue weighted by molar-refractivity contribution is 7.10. The number of hydrogen-bond acceptors (Lipinski definition) is 1. The van der Waals surface area contributed by atoms with Gasteiger partial charge in [0.15, 0.2) is 0 Å². The van der Waals surface area contributed by atoms with E-state index in [1.807, 2.05) is 11.3 Å². The van der Waals surface area contributed by atoms with Crippen molar-refractivity contribution in [3.8, 4) is 0 Å². The van der Waals surface area contributed by atoms with Crippen LogP contribution in [-0.4, -0.2) is 6.54 Å². The van der Waals surface area contributed by atoms with Crippen molar-refractivity contribution < 1.29 is 5.32 Å². The summed E-state index contributed by atoms with van der Waals surface area (Å²) in [6.45, 7) is 1.32. The molecule has 0 aromatic carbocycles. The number of rotatable bonds is 1. The molecule has 1 aromatic rings. The van der Waals surface area contributed by atoms with Gasteiger partial charge in [-0.2, -0.15) is 0 Å². The van der Waals surface area contributed by atoms with Crippen LogP contribution in [0.25, 0.3) is 0 Å². The zero-order valence-corrected chi connectivity index (χ0v) is 7.44. The first-order valence-corrected chi connectivity index (χ1v) is 5.21. The lowest BCUT2D eigenvalue weighted by molar-refractivity contribution is -0.703. The molecule has 2 heteroatoms. The molecule has 2 N–H and O–H groups in total. The topological polar surface area (TPSA) is 16.6 Å². The maximum Gasteiger partial charge on any atom is 0.121 e. The van der Waals surface area contributed by atoms with Crippen LogP contribution in [0.1, 0.15) is 30.2 Å². The summed E-state index contributed by atoms with van der Waals surface area (Å²) in [6.07, 6.45) is 4.20. The summed E-state index contributed by atoms with van der Waals surface area (Å²) in [5, 5.41) is 4.66. The van der Waals surface area contributed by atoms with E-state index in [4.69, 9.17) is 0 Å². The SMILES string of the molecule is c1csc([C@H]2CCCC[NH2+]2)c1. The number of piperidine rings is 1. The Morgan fingerprint density at radius 3 is 3.09 bits per heavy atom. The van der Waals surface area contributed by atoms with Crippen molar-refractivity contribution in [2.75, 3.05) is 6.54 Å². The van der Waals surface area contributed by atoms with Gasteiger partial charge in [-0.1, -0.05) is 6.07 Å². The second kappa shape index (κ2) is 3.37. The van der Waals surface area contributed by atoms with E-state index in [0.717, 1.165) is 6.04 Å². The molecule has 0 bridgehead atoms. The lowest BCUT2D eigenvalue weighted by Gasteiger charge is -2.18. The maximum atomic E-state index is 2.48. The van der Waals surface area contributed by atoms with Crippen LogP contribution in [0.15, 0.2) is 17.5 Å². The summed E-state index contributed by atoms with van der Waals surface area (Å²) >= 11 is 1.90. The van der Waals surface area contributed by atoms with Gasteiger partial charge in [0.05, 0.1) is 11.4 Å². The Morgan fingerprint density at radius 2 is 2.45 bits per heavy atom. The molecule has 0 radical (unpaired) electrons. The minimum absolute atomic E-state index is 0.781. The fourth-order valence-electron chi connectivity index (χ4n) is 1.71. The average molecular weight is 168 g/mol. The van der Waals surface area contributed by atoms with Crippen LogP contribution >= 0.6 is 11.3 Å². The minimum Gasteiger partial charge on any atom is -0.339 e. The highest BCUT2D eigenvalue weighted by Crippen LogP contribution is 2.21. The van der Waals surface area contributed by atoms with E-state index >= 15 is 0 Å². The van der Waals surface area contributed by atoms with Gasteiger partial charge >= 0.3 is 0 Å². The molecule has 11 heavy (non-hydrogen) atoms. The maximum absolute atomic E-state index is 2.48. The third-order valence-electron chi connectivity index (χ3n) is 2.33. The first-order valence-electron chi connectivity index (χ1n) is 4.33. The normalized spacial score (nSPS) is 25.3. The molecule has 2 rings (SSSR count). The van der Waals surface area contributed by atoms with Crippen molar-refractivity contribution in [3.05, 3.63) is 22.4 Å². The summed E-state index contributed by atoms with van der Waals surface area (Å²) in [4.78, 5) is 1.56.